The molecule has 10 aromatic carbocycles. The van der Waals surface area contributed by atoms with Gasteiger partial charge in [-0.3, -0.25) is 15.0 Å². The average Bonchev–Trinajstić information content (AvgIpc) is 0.770. The van der Waals surface area contributed by atoms with Crippen LogP contribution in [0.1, 0.15) is 0 Å². The lowest BCUT2D eigenvalue weighted by atomic mass is 9.95. The molecule has 19 aromatic rings. The second kappa shape index (κ2) is 21.6. The van der Waals surface area contributed by atoms with E-state index in [4.69, 9.17) is 34.9 Å². The first kappa shape index (κ1) is 52.5. The fourth-order valence-corrected chi connectivity index (χ4v) is 13.2. The summed E-state index contributed by atoms with van der Waals surface area (Å²) in [6, 6.07) is 96.9. The molecule has 0 bridgehead atoms. The van der Waals surface area contributed by atoms with E-state index in [0.29, 0.717) is 0 Å². The van der Waals surface area contributed by atoms with Gasteiger partial charge in [-0.2, -0.15) is 0 Å². The number of hydrogen-bond donors (Lipinski definition) is 0. The van der Waals surface area contributed by atoms with Gasteiger partial charge in [0.25, 0.3) is 0 Å². The number of para-hydroxylation sites is 2. The van der Waals surface area contributed by atoms with E-state index in [9.17, 15) is 0 Å². The van der Waals surface area contributed by atoms with Crippen molar-refractivity contribution in [3.63, 3.8) is 0 Å². The summed E-state index contributed by atoms with van der Waals surface area (Å²) in [4.78, 5) is 44.8. The SMILES string of the molecule is c1ccc(-c2c3ccccc3nc3c2ccc2ccc(-c4ccc(-c5ccc6ccc7cccnc7c6n5)nc4)nc23)cc1.c1ccc(-c2c3ccccc3nc3c2ccc2ccc(-c4ccc5cc(-c6ccc7ccc8cccnc8c7n6)ccc5c4)nc23)cc1. The predicted octanol–water partition coefficient (Wildman–Crippen LogP) is 20.6. The van der Waals surface area contributed by atoms with Crippen LogP contribution >= 0.6 is 0 Å². The van der Waals surface area contributed by atoms with E-state index < -0.39 is 0 Å². The van der Waals surface area contributed by atoms with Gasteiger partial charge in [0.1, 0.15) is 0 Å². The van der Waals surface area contributed by atoms with E-state index in [2.05, 4.69) is 253 Å². The Balaban J connectivity index is 0.000000136. The third kappa shape index (κ3) is 9.06. The lowest BCUT2D eigenvalue weighted by Gasteiger charge is -2.13. The van der Waals surface area contributed by atoms with Gasteiger partial charge in [0.05, 0.1) is 83.6 Å². The first-order chi connectivity index (χ1) is 45.6. The second-order valence-electron chi connectivity index (χ2n) is 23.2. The molecule has 0 radical (unpaired) electrons. The molecule has 0 unspecified atom stereocenters. The molecule has 9 aromatic heterocycles. The first-order valence-electron chi connectivity index (χ1n) is 30.7. The van der Waals surface area contributed by atoms with Crippen molar-refractivity contribution in [3.8, 4) is 67.4 Å². The highest BCUT2D eigenvalue weighted by Crippen LogP contribution is 2.41. The van der Waals surface area contributed by atoms with Crippen LogP contribution in [0.15, 0.2) is 298 Å². The smallest absolute Gasteiger partial charge is 0.0978 e. The molecule has 19 rings (SSSR count). The van der Waals surface area contributed by atoms with Crippen molar-refractivity contribution in [1.82, 2.24) is 44.9 Å². The van der Waals surface area contributed by atoms with Crippen LogP contribution in [0.5, 0.6) is 0 Å². The molecule has 0 aliphatic rings. The Labute approximate surface area is 526 Å². The minimum Gasteiger partial charge on any atom is -0.254 e. The number of pyridine rings is 9. The summed E-state index contributed by atoms with van der Waals surface area (Å²) in [6.45, 7) is 0. The van der Waals surface area contributed by atoms with Gasteiger partial charge >= 0.3 is 0 Å². The molecule has 0 saturated carbocycles. The van der Waals surface area contributed by atoms with Crippen LogP contribution in [-0.2, 0) is 0 Å². The molecule has 0 spiro atoms. The highest BCUT2D eigenvalue weighted by atomic mass is 14.8. The summed E-state index contributed by atoms with van der Waals surface area (Å²) in [5, 5.41) is 13.2. The Kier molecular flexibility index (Phi) is 12.3. The van der Waals surface area contributed by atoms with Crippen molar-refractivity contribution in [3.05, 3.63) is 298 Å². The third-order valence-corrected chi connectivity index (χ3v) is 17.8. The third-order valence-electron chi connectivity index (χ3n) is 17.8. The molecule has 0 atom stereocenters. The molecular formula is C83H49N9. The average molecular weight is 1170 g/mol. The van der Waals surface area contributed by atoms with Gasteiger partial charge < -0.3 is 0 Å². The Bertz CT molecular complexity index is 6200. The minimum atomic E-state index is 0.801. The summed E-state index contributed by atoms with van der Waals surface area (Å²) in [6.07, 6.45) is 5.51. The highest BCUT2D eigenvalue weighted by molar-refractivity contribution is 6.18. The molecular weight excluding hydrogens is 1120 g/mol. The van der Waals surface area contributed by atoms with Gasteiger partial charge in [-0.1, -0.05) is 206 Å². The summed E-state index contributed by atoms with van der Waals surface area (Å²) in [5.41, 5.74) is 21.3. The molecule has 426 valence electrons. The molecule has 92 heavy (non-hydrogen) atoms. The van der Waals surface area contributed by atoms with Crippen LogP contribution in [0.2, 0.25) is 0 Å². The van der Waals surface area contributed by atoms with Gasteiger partial charge in [0.2, 0.25) is 0 Å². The Hall–Kier alpha value is -12.6. The van der Waals surface area contributed by atoms with Crippen molar-refractivity contribution < 1.29 is 0 Å². The van der Waals surface area contributed by atoms with Crippen LogP contribution in [0.4, 0.5) is 0 Å². The van der Waals surface area contributed by atoms with E-state index in [0.717, 1.165) is 171 Å². The molecule has 0 aliphatic heterocycles. The first-order valence-corrected chi connectivity index (χ1v) is 30.7. The van der Waals surface area contributed by atoms with Crippen LogP contribution in [0.3, 0.4) is 0 Å². The van der Waals surface area contributed by atoms with Crippen molar-refractivity contribution in [1.29, 1.82) is 0 Å². The fourth-order valence-electron chi connectivity index (χ4n) is 13.2. The lowest BCUT2D eigenvalue weighted by molar-refractivity contribution is 1.26. The quantitative estimate of drug-likeness (QED) is 0.119. The monoisotopic (exact) mass is 1170 g/mol. The Morgan fingerprint density at radius 1 is 0.185 bits per heavy atom. The van der Waals surface area contributed by atoms with E-state index in [1.807, 2.05) is 55.0 Å². The number of rotatable bonds is 6. The topological polar surface area (TPSA) is 116 Å². The van der Waals surface area contributed by atoms with Crippen LogP contribution in [0.25, 0.3) is 187 Å². The van der Waals surface area contributed by atoms with Crippen LogP contribution < -0.4 is 0 Å². The summed E-state index contributed by atoms with van der Waals surface area (Å²) in [7, 11) is 0. The molecule has 0 saturated heterocycles. The summed E-state index contributed by atoms with van der Waals surface area (Å²) in [5.74, 6) is 0. The molecule has 9 heterocycles. The highest BCUT2D eigenvalue weighted by Gasteiger charge is 2.18. The van der Waals surface area contributed by atoms with Gasteiger partial charge in [0.15, 0.2) is 0 Å². The normalized spacial score (nSPS) is 11.7. The number of fused-ring (bicyclic) bond motifs is 15. The maximum atomic E-state index is 5.26. The van der Waals surface area contributed by atoms with Gasteiger partial charge in [0, 0.05) is 100 Å². The molecule has 0 fully saturated rings. The standard InChI is InChI=1S/C44H26N4.C39H23N5/c1-2-7-27(8-3-1)40-35-10-4-5-11-39(35)48-44-36(40)21-18-30-20-23-38(47-43(30)44)34-17-15-31-25-33(16-14-32(31)26-34)37-22-19-29-13-12-28-9-6-24-45-41(28)42(29)46-37;1-2-7-24(8-3-1)35-29-10-4-5-11-32(29)43-39-30(35)18-14-27-15-19-31(42-38(27)39)28-17-20-33(41-23-28)34-21-16-26-13-12-25-9-6-22-40-36(25)37(26)44-34/h1-26H;1-23H. The Morgan fingerprint density at radius 2 is 0.543 bits per heavy atom. The maximum absolute atomic E-state index is 5.26. The lowest BCUT2D eigenvalue weighted by Crippen LogP contribution is -1.94. The zero-order chi connectivity index (χ0) is 60.6. The number of hydrogen-bond acceptors (Lipinski definition) is 9. The number of nitrogens with zero attached hydrogens (tertiary/aromatic N) is 9. The van der Waals surface area contributed by atoms with E-state index in [1.165, 1.54) is 16.7 Å². The molecule has 0 N–H and O–H groups in total. The zero-order valence-electron chi connectivity index (χ0n) is 49.3. The van der Waals surface area contributed by atoms with Crippen molar-refractivity contribution in [2.24, 2.45) is 0 Å². The van der Waals surface area contributed by atoms with E-state index in [1.54, 1.807) is 0 Å². The maximum Gasteiger partial charge on any atom is 0.0978 e. The molecule has 0 amide bonds. The fraction of sp³-hybridized carbons (Fsp3) is 0. The van der Waals surface area contributed by atoms with Crippen LogP contribution in [0, 0.1) is 0 Å². The van der Waals surface area contributed by atoms with E-state index in [-0.39, 0.29) is 0 Å². The number of benzene rings is 10. The largest absolute Gasteiger partial charge is 0.254 e. The van der Waals surface area contributed by atoms with Crippen LogP contribution in [-0.4, -0.2) is 44.9 Å². The van der Waals surface area contributed by atoms with Gasteiger partial charge in [-0.25, -0.2) is 29.9 Å². The molecule has 0 aliphatic carbocycles. The molecule has 9 nitrogen and oxygen atoms in total. The minimum absolute atomic E-state index is 0.801. The van der Waals surface area contributed by atoms with Crippen molar-refractivity contribution in [2.75, 3.05) is 0 Å². The van der Waals surface area contributed by atoms with E-state index >= 15 is 0 Å². The second-order valence-corrected chi connectivity index (χ2v) is 23.2. The molecule has 9 heteroatoms. The number of aromatic nitrogens is 9. The summed E-state index contributed by atoms with van der Waals surface area (Å²) < 4.78 is 0. The zero-order valence-corrected chi connectivity index (χ0v) is 49.3. The summed E-state index contributed by atoms with van der Waals surface area (Å²) >= 11 is 0. The van der Waals surface area contributed by atoms with Gasteiger partial charge in [-0.05, 0) is 94.7 Å². The van der Waals surface area contributed by atoms with Crippen molar-refractivity contribution >= 4 is 120 Å². The van der Waals surface area contributed by atoms with Crippen molar-refractivity contribution in [2.45, 2.75) is 0 Å². The Morgan fingerprint density at radius 3 is 1.01 bits per heavy atom. The van der Waals surface area contributed by atoms with Gasteiger partial charge in [-0.15, -0.1) is 0 Å². The predicted molar refractivity (Wildman–Crippen MR) is 378 cm³/mol.